The van der Waals surface area contributed by atoms with Gasteiger partial charge in [-0.1, -0.05) is 19.1 Å². The summed E-state index contributed by atoms with van der Waals surface area (Å²) in [7, 11) is 0. The van der Waals surface area contributed by atoms with Gasteiger partial charge in [-0.3, -0.25) is 4.79 Å². The second kappa shape index (κ2) is 9.78. The predicted molar refractivity (Wildman–Crippen MR) is 96.2 cm³/mol. The third-order valence-electron chi connectivity index (χ3n) is 4.02. The van der Waals surface area contributed by atoms with Crippen molar-refractivity contribution in [1.29, 1.82) is 0 Å². The maximum atomic E-state index is 11.9. The number of aryl methyl sites for hydroxylation is 1. The van der Waals surface area contributed by atoms with Gasteiger partial charge in [-0.05, 0) is 57.2 Å². The van der Waals surface area contributed by atoms with Crippen molar-refractivity contribution >= 4 is 18.3 Å². The maximum Gasteiger partial charge on any atom is 0.234 e. The first-order chi connectivity index (χ1) is 10.6. The third kappa shape index (κ3) is 7.23. The Bertz CT molecular complexity index is 504. The second-order valence-electron chi connectivity index (χ2n) is 6.30. The van der Waals surface area contributed by atoms with Crippen molar-refractivity contribution in [3.63, 3.8) is 0 Å². The molecule has 0 spiro atoms. The molecule has 5 heteroatoms. The van der Waals surface area contributed by atoms with Gasteiger partial charge in [-0.15, -0.1) is 12.4 Å². The summed E-state index contributed by atoms with van der Waals surface area (Å²) in [5, 5.41) is 6.17. The maximum absolute atomic E-state index is 11.9. The molecule has 2 N–H and O–H groups in total. The number of halogens is 1. The fraction of sp³-hybridized carbons (Fsp3) is 0.611. The molecule has 1 amide bonds. The van der Waals surface area contributed by atoms with Crippen LogP contribution in [0.15, 0.2) is 18.2 Å². The van der Waals surface area contributed by atoms with Crippen molar-refractivity contribution in [1.82, 2.24) is 10.6 Å². The highest BCUT2D eigenvalue weighted by Crippen LogP contribution is 2.27. The van der Waals surface area contributed by atoms with Crippen LogP contribution in [0.25, 0.3) is 0 Å². The molecule has 0 aliphatic heterocycles. The molecule has 1 saturated carbocycles. The van der Waals surface area contributed by atoms with Gasteiger partial charge in [0.1, 0.15) is 5.75 Å². The lowest BCUT2D eigenvalue weighted by Crippen LogP contribution is -2.34. The number of hydrogen-bond acceptors (Lipinski definition) is 3. The minimum atomic E-state index is 0. The number of carbonyl (C=O) groups is 1. The largest absolute Gasteiger partial charge is 0.490 e. The second-order valence-corrected chi connectivity index (χ2v) is 6.30. The average molecular weight is 341 g/mol. The quantitative estimate of drug-likeness (QED) is 0.725. The van der Waals surface area contributed by atoms with Crippen molar-refractivity contribution < 1.29 is 9.53 Å². The molecule has 2 rings (SSSR count). The third-order valence-corrected chi connectivity index (χ3v) is 4.02. The number of benzene rings is 1. The molecule has 1 aliphatic carbocycles. The Kier molecular flexibility index (Phi) is 8.42. The highest BCUT2D eigenvalue weighted by molar-refractivity contribution is 5.85. The Morgan fingerprint density at radius 2 is 2.13 bits per heavy atom. The van der Waals surface area contributed by atoms with Crippen molar-refractivity contribution in [2.75, 3.05) is 13.1 Å². The van der Waals surface area contributed by atoms with Gasteiger partial charge < -0.3 is 15.4 Å². The molecule has 4 nitrogen and oxygen atoms in total. The lowest BCUT2D eigenvalue weighted by molar-refractivity contribution is -0.120. The zero-order chi connectivity index (χ0) is 15.9. The number of rotatable bonds is 9. The van der Waals surface area contributed by atoms with Crippen LogP contribution in [0.4, 0.5) is 0 Å². The van der Waals surface area contributed by atoms with E-state index in [0.29, 0.717) is 13.1 Å². The lowest BCUT2D eigenvalue weighted by Gasteiger charge is -2.17. The van der Waals surface area contributed by atoms with Crippen molar-refractivity contribution in [3.05, 3.63) is 29.3 Å². The van der Waals surface area contributed by atoms with E-state index in [-0.39, 0.29) is 24.4 Å². The fourth-order valence-corrected chi connectivity index (χ4v) is 2.19. The zero-order valence-corrected chi connectivity index (χ0v) is 15.2. The van der Waals surface area contributed by atoms with Gasteiger partial charge in [-0.2, -0.15) is 0 Å². The standard InChI is InChI=1S/C18H28N2O2.ClH/c1-4-14(3)22-17-9-13(2)5-8-16(17)11-20-18(21)12-19-10-15-6-7-15;/h5,8-9,14-15,19H,4,6-7,10-12H2,1-3H3,(H,20,21);1H. The molecule has 1 aromatic carbocycles. The molecule has 130 valence electrons. The van der Waals surface area contributed by atoms with E-state index in [4.69, 9.17) is 4.74 Å². The van der Waals surface area contributed by atoms with Crippen LogP contribution in [0.5, 0.6) is 5.75 Å². The van der Waals surface area contributed by atoms with E-state index in [2.05, 4.69) is 30.5 Å². The first-order valence-corrected chi connectivity index (χ1v) is 8.32. The van der Waals surface area contributed by atoms with Gasteiger partial charge in [0.15, 0.2) is 0 Å². The monoisotopic (exact) mass is 340 g/mol. The van der Waals surface area contributed by atoms with E-state index >= 15 is 0 Å². The van der Waals surface area contributed by atoms with Crippen LogP contribution < -0.4 is 15.4 Å². The minimum Gasteiger partial charge on any atom is -0.490 e. The van der Waals surface area contributed by atoms with Gasteiger partial charge in [-0.25, -0.2) is 0 Å². The highest BCUT2D eigenvalue weighted by Gasteiger charge is 2.20. The van der Waals surface area contributed by atoms with Crippen LogP contribution in [-0.2, 0) is 11.3 Å². The minimum absolute atomic E-state index is 0. The predicted octanol–water partition coefficient (Wildman–Crippen LogP) is 3.21. The van der Waals surface area contributed by atoms with Gasteiger partial charge >= 0.3 is 0 Å². The number of hydrogen-bond donors (Lipinski definition) is 2. The number of amides is 1. The summed E-state index contributed by atoms with van der Waals surface area (Å²) in [6.07, 6.45) is 3.74. The van der Waals surface area contributed by atoms with Gasteiger partial charge in [0, 0.05) is 12.1 Å². The molecular weight excluding hydrogens is 312 g/mol. The lowest BCUT2D eigenvalue weighted by atomic mass is 10.1. The van der Waals surface area contributed by atoms with Crippen LogP contribution in [0.2, 0.25) is 0 Å². The summed E-state index contributed by atoms with van der Waals surface area (Å²) in [6, 6.07) is 6.13. The highest BCUT2D eigenvalue weighted by atomic mass is 35.5. The fourth-order valence-electron chi connectivity index (χ4n) is 2.19. The number of ether oxygens (including phenoxy) is 1. The van der Waals surface area contributed by atoms with E-state index < -0.39 is 0 Å². The summed E-state index contributed by atoms with van der Waals surface area (Å²) >= 11 is 0. The molecule has 1 fully saturated rings. The normalized spacial score (nSPS) is 14.7. The smallest absolute Gasteiger partial charge is 0.234 e. The summed E-state index contributed by atoms with van der Waals surface area (Å²) in [4.78, 5) is 11.9. The molecule has 0 aromatic heterocycles. The van der Waals surface area contributed by atoms with Crippen LogP contribution in [0.1, 0.15) is 44.2 Å². The van der Waals surface area contributed by atoms with Gasteiger partial charge in [0.2, 0.25) is 5.91 Å². The molecule has 0 radical (unpaired) electrons. The Morgan fingerprint density at radius 1 is 1.39 bits per heavy atom. The molecule has 0 heterocycles. The van der Waals surface area contributed by atoms with Gasteiger partial charge in [0.25, 0.3) is 0 Å². The molecule has 1 aromatic rings. The first-order valence-electron chi connectivity index (χ1n) is 8.32. The molecular formula is C18H29ClN2O2. The van der Waals surface area contributed by atoms with Crippen molar-refractivity contribution in [2.24, 2.45) is 5.92 Å². The van der Waals surface area contributed by atoms with E-state index in [1.54, 1.807) is 0 Å². The SMILES string of the molecule is CCC(C)Oc1cc(C)ccc1CNC(=O)CNCC1CC1.Cl. The van der Waals surface area contributed by atoms with E-state index in [0.717, 1.165) is 30.2 Å². The van der Waals surface area contributed by atoms with E-state index in [1.165, 1.54) is 18.4 Å². The molecule has 1 atom stereocenters. The average Bonchev–Trinajstić information content (AvgIpc) is 3.30. The molecule has 0 bridgehead atoms. The first kappa shape index (κ1) is 19.8. The Morgan fingerprint density at radius 3 is 2.78 bits per heavy atom. The Balaban J connectivity index is 0.00000264. The Labute approximate surface area is 145 Å². The van der Waals surface area contributed by atoms with E-state index in [9.17, 15) is 4.79 Å². The summed E-state index contributed by atoms with van der Waals surface area (Å²) in [5.41, 5.74) is 2.20. The molecule has 0 saturated heterocycles. The molecule has 23 heavy (non-hydrogen) atoms. The van der Waals surface area contributed by atoms with Gasteiger partial charge in [0.05, 0.1) is 12.6 Å². The molecule has 1 aliphatic rings. The summed E-state index contributed by atoms with van der Waals surface area (Å²) in [6.45, 7) is 8.08. The van der Waals surface area contributed by atoms with Crippen LogP contribution in [0.3, 0.4) is 0 Å². The number of nitrogens with one attached hydrogen (secondary N) is 2. The summed E-state index contributed by atoms with van der Waals surface area (Å²) < 4.78 is 5.96. The molecule has 1 unspecified atom stereocenters. The number of carbonyl (C=O) groups excluding carboxylic acids is 1. The van der Waals surface area contributed by atoms with E-state index in [1.807, 2.05) is 19.1 Å². The van der Waals surface area contributed by atoms with Crippen molar-refractivity contribution in [3.8, 4) is 5.75 Å². The topological polar surface area (TPSA) is 50.4 Å². The zero-order valence-electron chi connectivity index (χ0n) is 14.4. The van der Waals surface area contributed by atoms with Crippen LogP contribution in [0, 0.1) is 12.8 Å². The Hall–Kier alpha value is -1.26. The summed E-state index contributed by atoms with van der Waals surface area (Å²) in [5.74, 6) is 1.71. The van der Waals surface area contributed by atoms with Crippen LogP contribution in [-0.4, -0.2) is 25.1 Å². The van der Waals surface area contributed by atoms with Crippen molar-refractivity contribution in [2.45, 2.75) is 52.7 Å². The van der Waals surface area contributed by atoms with Crippen LogP contribution >= 0.6 is 12.4 Å².